The molecule has 0 aliphatic heterocycles. The molecule has 1 aromatic carbocycles. The molecule has 8 nitrogen and oxygen atoms in total. The van der Waals surface area contributed by atoms with Crippen molar-refractivity contribution >= 4 is 29.3 Å². The van der Waals surface area contributed by atoms with Gasteiger partial charge in [0.15, 0.2) is 11.6 Å². The second kappa shape index (κ2) is 10.2. The van der Waals surface area contributed by atoms with Crippen molar-refractivity contribution in [2.45, 2.75) is 46.1 Å². The van der Waals surface area contributed by atoms with Crippen molar-refractivity contribution in [3.8, 4) is 17.2 Å². The Morgan fingerprint density at radius 2 is 1.97 bits per heavy atom. The van der Waals surface area contributed by atoms with Crippen LogP contribution in [-0.2, 0) is 9.53 Å². The number of carbonyl (C=O) groups is 1. The van der Waals surface area contributed by atoms with Crippen LogP contribution in [0.4, 0.5) is 11.8 Å². The highest BCUT2D eigenvalue weighted by Gasteiger charge is 2.16. The van der Waals surface area contributed by atoms with Crippen molar-refractivity contribution in [3.05, 3.63) is 28.9 Å². The summed E-state index contributed by atoms with van der Waals surface area (Å²) >= 11 is 6.24. The van der Waals surface area contributed by atoms with Crippen LogP contribution in [0, 0.1) is 0 Å². The molecule has 0 aliphatic rings. The van der Waals surface area contributed by atoms with E-state index in [9.17, 15) is 4.79 Å². The lowest BCUT2D eigenvalue weighted by atomic mass is 10.0. The Balaban J connectivity index is 2.15. The molecule has 0 saturated carbocycles. The average Bonchev–Trinajstić information content (AvgIpc) is 2.68. The van der Waals surface area contributed by atoms with Gasteiger partial charge >= 0.3 is 5.97 Å². The lowest BCUT2D eigenvalue weighted by Crippen LogP contribution is -2.24. The van der Waals surface area contributed by atoms with Gasteiger partial charge in [-0.05, 0) is 18.9 Å². The fraction of sp³-hybridized carbons (Fsp3) is 0.450. The highest BCUT2D eigenvalue weighted by Crippen LogP contribution is 2.39. The van der Waals surface area contributed by atoms with Crippen molar-refractivity contribution in [3.63, 3.8) is 0 Å². The van der Waals surface area contributed by atoms with Gasteiger partial charge in [-0.2, -0.15) is 4.98 Å². The van der Waals surface area contributed by atoms with E-state index in [1.165, 1.54) is 6.20 Å². The second-order valence-electron chi connectivity index (χ2n) is 6.81. The number of methoxy groups -OCH3 is 1. The van der Waals surface area contributed by atoms with Crippen molar-refractivity contribution < 1.29 is 19.0 Å². The number of benzene rings is 1. The molecule has 3 N–H and O–H groups in total. The van der Waals surface area contributed by atoms with E-state index in [4.69, 9.17) is 31.5 Å². The third-order valence-corrected chi connectivity index (χ3v) is 4.36. The fourth-order valence-corrected chi connectivity index (χ4v) is 2.71. The molecule has 2 rings (SSSR count). The molecular formula is C20H27ClN4O4. The Hall–Kier alpha value is -2.74. The molecule has 0 radical (unpaired) electrons. The van der Waals surface area contributed by atoms with E-state index in [2.05, 4.69) is 15.3 Å². The van der Waals surface area contributed by atoms with Gasteiger partial charge in [-0.1, -0.05) is 32.4 Å². The summed E-state index contributed by atoms with van der Waals surface area (Å²) in [5.74, 6) is 1.83. The molecular weight excluding hydrogens is 396 g/mol. The molecule has 0 bridgehead atoms. The lowest BCUT2D eigenvalue weighted by molar-refractivity contribution is -0.143. The summed E-state index contributed by atoms with van der Waals surface area (Å²) in [4.78, 5) is 19.7. The van der Waals surface area contributed by atoms with Crippen molar-refractivity contribution in [1.82, 2.24) is 9.97 Å². The molecule has 0 saturated heterocycles. The number of anilines is 2. The van der Waals surface area contributed by atoms with Crippen molar-refractivity contribution in [1.29, 1.82) is 0 Å². The number of nitrogens with one attached hydrogen (secondary N) is 1. The molecule has 0 aliphatic carbocycles. The summed E-state index contributed by atoms with van der Waals surface area (Å²) in [7, 11) is 1.56. The van der Waals surface area contributed by atoms with Crippen molar-refractivity contribution in [2.75, 3.05) is 24.8 Å². The normalized spacial score (nSPS) is 11.8. The number of rotatable bonds is 9. The minimum absolute atomic E-state index is 0.168. The number of nitrogens with zero attached hydrogens (tertiary/aromatic N) is 2. The first-order chi connectivity index (χ1) is 13.7. The first-order valence-electron chi connectivity index (χ1n) is 9.35. The van der Waals surface area contributed by atoms with Crippen LogP contribution in [0.3, 0.4) is 0 Å². The van der Waals surface area contributed by atoms with Gasteiger partial charge in [-0.15, -0.1) is 0 Å². The smallest absolute Gasteiger partial charge is 0.305 e. The quantitative estimate of drug-likeness (QED) is 0.572. The van der Waals surface area contributed by atoms with Crippen LogP contribution in [0.15, 0.2) is 18.3 Å². The maximum Gasteiger partial charge on any atom is 0.305 e. The highest BCUT2D eigenvalue weighted by atomic mass is 35.5. The van der Waals surface area contributed by atoms with Crippen LogP contribution in [0.1, 0.15) is 45.6 Å². The van der Waals surface area contributed by atoms with Gasteiger partial charge in [-0.3, -0.25) is 4.79 Å². The zero-order valence-electron chi connectivity index (χ0n) is 17.3. The van der Waals surface area contributed by atoms with E-state index in [0.717, 1.165) is 5.56 Å². The standard InChI is InChI=1S/C20H27ClN4O4/c1-6-18(26)28-10-12(4)24-20-23-9-17(19(22)25-20)29-15-8-14(21)16(27-5)7-13(15)11(2)3/h7-9,11-12H,6,10H2,1-5H3,(H3,22,23,24,25)/t12-/m1/s1. The lowest BCUT2D eigenvalue weighted by Gasteiger charge is -2.17. The zero-order valence-corrected chi connectivity index (χ0v) is 18.0. The molecule has 158 valence electrons. The summed E-state index contributed by atoms with van der Waals surface area (Å²) in [5, 5.41) is 3.47. The molecule has 29 heavy (non-hydrogen) atoms. The van der Waals surface area contributed by atoms with Crippen LogP contribution in [-0.4, -0.2) is 35.7 Å². The largest absolute Gasteiger partial charge is 0.495 e. The molecule has 0 fully saturated rings. The van der Waals surface area contributed by atoms with Crippen LogP contribution < -0.4 is 20.5 Å². The first kappa shape index (κ1) is 22.5. The summed E-state index contributed by atoms with van der Waals surface area (Å²) in [5.41, 5.74) is 6.97. The Kier molecular flexibility index (Phi) is 7.90. The van der Waals surface area contributed by atoms with Gasteiger partial charge in [0.05, 0.1) is 24.4 Å². The monoisotopic (exact) mass is 422 g/mol. The van der Waals surface area contributed by atoms with Gasteiger partial charge in [0.1, 0.15) is 18.1 Å². The van der Waals surface area contributed by atoms with Crippen LogP contribution >= 0.6 is 11.6 Å². The molecule has 1 heterocycles. The summed E-state index contributed by atoms with van der Waals surface area (Å²) in [6.07, 6.45) is 1.81. The average molecular weight is 423 g/mol. The predicted octanol–water partition coefficient (Wildman–Crippen LogP) is 4.39. The van der Waals surface area contributed by atoms with E-state index in [0.29, 0.717) is 34.6 Å². The highest BCUT2D eigenvalue weighted by molar-refractivity contribution is 6.32. The predicted molar refractivity (Wildman–Crippen MR) is 113 cm³/mol. The maximum atomic E-state index is 11.2. The summed E-state index contributed by atoms with van der Waals surface area (Å²) in [6.45, 7) is 7.87. The summed E-state index contributed by atoms with van der Waals surface area (Å²) < 4.78 is 16.3. The van der Waals surface area contributed by atoms with Gasteiger partial charge in [0.2, 0.25) is 5.95 Å². The van der Waals surface area contributed by atoms with Crippen LogP contribution in [0.25, 0.3) is 0 Å². The van der Waals surface area contributed by atoms with E-state index >= 15 is 0 Å². The maximum absolute atomic E-state index is 11.2. The molecule has 1 atom stereocenters. The van der Waals surface area contributed by atoms with Gasteiger partial charge in [0.25, 0.3) is 0 Å². The third kappa shape index (κ3) is 6.12. The molecule has 0 amide bonds. The Morgan fingerprint density at radius 1 is 1.24 bits per heavy atom. The van der Waals surface area contributed by atoms with E-state index < -0.39 is 0 Å². The topological polar surface area (TPSA) is 109 Å². The minimum Gasteiger partial charge on any atom is -0.495 e. The number of hydrogen-bond donors (Lipinski definition) is 2. The molecule has 9 heteroatoms. The van der Waals surface area contributed by atoms with Crippen LogP contribution in [0.5, 0.6) is 17.2 Å². The van der Waals surface area contributed by atoms with E-state index in [1.54, 1.807) is 20.1 Å². The number of halogens is 1. The molecule has 0 spiro atoms. The molecule has 1 aromatic heterocycles. The Bertz CT molecular complexity index is 861. The third-order valence-electron chi connectivity index (χ3n) is 4.07. The van der Waals surface area contributed by atoms with Gasteiger partial charge in [0, 0.05) is 18.1 Å². The molecule has 0 unspecified atom stereocenters. The van der Waals surface area contributed by atoms with Gasteiger partial charge < -0.3 is 25.3 Å². The Labute approximate surface area is 175 Å². The summed E-state index contributed by atoms with van der Waals surface area (Å²) in [6, 6.07) is 3.35. The number of carbonyl (C=O) groups excluding carboxylic acids is 1. The number of esters is 1. The SMILES string of the molecule is CCC(=O)OC[C@@H](C)Nc1ncc(Oc2cc(Cl)c(OC)cc2C(C)C)c(N)n1. The number of aromatic nitrogens is 2. The number of ether oxygens (including phenoxy) is 3. The number of nitrogens with two attached hydrogens (primary N) is 1. The van der Waals surface area contributed by atoms with E-state index in [1.807, 2.05) is 26.8 Å². The van der Waals surface area contributed by atoms with Crippen molar-refractivity contribution in [2.24, 2.45) is 0 Å². The Morgan fingerprint density at radius 3 is 2.55 bits per heavy atom. The number of hydrogen-bond acceptors (Lipinski definition) is 8. The second-order valence-corrected chi connectivity index (χ2v) is 7.21. The zero-order chi connectivity index (χ0) is 21.6. The molecule has 2 aromatic rings. The fourth-order valence-electron chi connectivity index (χ4n) is 2.48. The number of nitrogen functional groups attached to an aromatic ring is 1. The van der Waals surface area contributed by atoms with Gasteiger partial charge in [-0.25, -0.2) is 4.98 Å². The minimum atomic E-state index is -0.262. The van der Waals surface area contributed by atoms with E-state index in [-0.39, 0.29) is 30.4 Å². The van der Waals surface area contributed by atoms with Crippen LogP contribution in [0.2, 0.25) is 5.02 Å². The first-order valence-corrected chi connectivity index (χ1v) is 9.72.